The highest BCUT2D eigenvalue weighted by atomic mass is 32.1. The Hall–Kier alpha value is -2.27. The summed E-state index contributed by atoms with van der Waals surface area (Å²) in [6.45, 7) is 3.99. The van der Waals surface area contributed by atoms with Gasteiger partial charge >= 0.3 is 5.97 Å². The molecular formula is C17H14FNO2S. The minimum atomic E-state index is -0.493. The number of pyridine rings is 1. The fourth-order valence-corrected chi connectivity index (χ4v) is 3.29. The predicted octanol–water partition coefficient (Wildman–Crippen LogP) is 4.59. The molecule has 0 spiro atoms. The summed E-state index contributed by atoms with van der Waals surface area (Å²) in [6.07, 6.45) is 0. The standard InChI is InChI=1S/C17H14FNO2S/c1-3-21-17(20)14-9-15-12(8-10(2)22-15)16(19-14)11-6-4-5-7-13(11)18/h4-9H,3H2,1-2H3. The molecule has 0 unspecified atom stereocenters. The molecule has 3 nitrogen and oxygen atoms in total. The van der Waals surface area contributed by atoms with E-state index in [9.17, 15) is 9.18 Å². The fourth-order valence-electron chi connectivity index (χ4n) is 2.33. The Morgan fingerprint density at radius 3 is 2.82 bits per heavy atom. The number of fused-ring (bicyclic) bond motifs is 1. The van der Waals surface area contributed by atoms with Crippen LogP contribution >= 0.6 is 11.3 Å². The van der Waals surface area contributed by atoms with E-state index in [-0.39, 0.29) is 18.1 Å². The number of hydrogen-bond donors (Lipinski definition) is 0. The Balaban J connectivity index is 2.27. The van der Waals surface area contributed by atoms with Gasteiger partial charge in [0.1, 0.15) is 5.82 Å². The third kappa shape index (κ3) is 2.60. The van der Waals surface area contributed by atoms with Crippen LogP contribution < -0.4 is 0 Å². The molecule has 0 fully saturated rings. The maximum Gasteiger partial charge on any atom is 0.356 e. The zero-order chi connectivity index (χ0) is 15.7. The third-order valence-electron chi connectivity index (χ3n) is 3.25. The molecule has 22 heavy (non-hydrogen) atoms. The third-order valence-corrected chi connectivity index (χ3v) is 4.25. The van der Waals surface area contributed by atoms with Gasteiger partial charge in [0.25, 0.3) is 0 Å². The van der Waals surface area contributed by atoms with Crippen molar-refractivity contribution in [1.29, 1.82) is 0 Å². The number of rotatable bonds is 3. The van der Waals surface area contributed by atoms with Crippen LogP contribution in [0, 0.1) is 12.7 Å². The lowest BCUT2D eigenvalue weighted by atomic mass is 10.1. The Kier molecular flexibility index (Phi) is 3.90. The molecule has 3 rings (SSSR count). The van der Waals surface area contributed by atoms with E-state index in [1.807, 2.05) is 13.0 Å². The van der Waals surface area contributed by atoms with Gasteiger partial charge in [-0.1, -0.05) is 12.1 Å². The van der Waals surface area contributed by atoms with Gasteiger partial charge in [-0.2, -0.15) is 0 Å². The van der Waals surface area contributed by atoms with E-state index in [1.165, 1.54) is 6.07 Å². The molecule has 0 amide bonds. The van der Waals surface area contributed by atoms with Crippen molar-refractivity contribution in [2.24, 2.45) is 0 Å². The van der Waals surface area contributed by atoms with Gasteiger partial charge in [0.2, 0.25) is 0 Å². The van der Waals surface area contributed by atoms with Crippen molar-refractivity contribution in [2.45, 2.75) is 13.8 Å². The Bertz CT molecular complexity index is 857. The summed E-state index contributed by atoms with van der Waals surface area (Å²) in [5, 5.41) is 0.848. The second-order valence-electron chi connectivity index (χ2n) is 4.83. The molecule has 0 N–H and O–H groups in total. The second kappa shape index (κ2) is 5.85. The van der Waals surface area contributed by atoms with E-state index >= 15 is 0 Å². The first kappa shape index (κ1) is 14.7. The van der Waals surface area contributed by atoms with Crippen molar-refractivity contribution < 1.29 is 13.9 Å². The van der Waals surface area contributed by atoms with Crippen LogP contribution in [0.25, 0.3) is 21.3 Å². The maximum absolute atomic E-state index is 14.1. The summed E-state index contributed by atoms with van der Waals surface area (Å²) in [7, 11) is 0. The Morgan fingerprint density at radius 1 is 1.32 bits per heavy atom. The summed E-state index contributed by atoms with van der Waals surface area (Å²) in [4.78, 5) is 17.4. The number of carbonyl (C=O) groups is 1. The van der Waals surface area contributed by atoms with Crippen LogP contribution in [0.15, 0.2) is 36.4 Å². The average molecular weight is 315 g/mol. The summed E-state index contributed by atoms with van der Waals surface area (Å²) < 4.78 is 20.0. The number of hydrogen-bond acceptors (Lipinski definition) is 4. The number of aromatic nitrogens is 1. The zero-order valence-corrected chi connectivity index (χ0v) is 13.0. The van der Waals surface area contributed by atoms with Crippen molar-refractivity contribution in [1.82, 2.24) is 4.98 Å². The first-order chi connectivity index (χ1) is 10.6. The number of halogens is 1. The lowest BCUT2D eigenvalue weighted by Gasteiger charge is -2.07. The molecule has 5 heteroatoms. The van der Waals surface area contributed by atoms with Gasteiger partial charge in [-0.25, -0.2) is 14.2 Å². The normalized spacial score (nSPS) is 10.9. The van der Waals surface area contributed by atoms with Crippen LogP contribution in [0.2, 0.25) is 0 Å². The van der Waals surface area contributed by atoms with Gasteiger partial charge in [0.15, 0.2) is 5.69 Å². The van der Waals surface area contributed by atoms with Crippen molar-refractivity contribution in [3.05, 3.63) is 52.8 Å². The molecule has 0 aliphatic rings. The van der Waals surface area contributed by atoms with Gasteiger partial charge in [-0.05, 0) is 38.1 Å². The highest BCUT2D eigenvalue weighted by Crippen LogP contribution is 2.34. The van der Waals surface area contributed by atoms with Crippen LogP contribution in [-0.4, -0.2) is 17.6 Å². The summed E-state index contributed by atoms with van der Waals surface area (Å²) in [5.74, 6) is -0.853. The first-order valence-electron chi connectivity index (χ1n) is 6.93. The highest BCUT2D eigenvalue weighted by Gasteiger charge is 2.17. The summed E-state index contributed by atoms with van der Waals surface area (Å²) in [5.41, 5.74) is 1.06. The SMILES string of the molecule is CCOC(=O)c1cc2sc(C)cc2c(-c2ccccc2F)n1. The van der Waals surface area contributed by atoms with Gasteiger partial charge in [-0.15, -0.1) is 11.3 Å². The minimum absolute atomic E-state index is 0.203. The molecule has 112 valence electrons. The molecular weight excluding hydrogens is 301 g/mol. The number of nitrogens with zero attached hydrogens (tertiary/aromatic N) is 1. The number of carbonyl (C=O) groups excluding carboxylic acids is 1. The van der Waals surface area contributed by atoms with Crippen molar-refractivity contribution in [3.63, 3.8) is 0 Å². The maximum atomic E-state index is 14.1. The fraction of sp³-hybridized carbons (Fsp3) is 0.176. The zero-order valence-electron chi connectivity index (χ0n) is 12.2. The van der Waals surface area contributed by atoms with Crippen LogP contribution in [0.4, 0.5) is 4.39 Å². The summed E-state index contributed by atoms with van der Waals surface area (Å²) in [6, 6.07) is 10.1. The molecule has 3 aromatic rings. The topological polar surface area (TPSA) is 39.2 Å². The molecule has 0 radical (unpaired) electrons. The number of aryl methyl sites for hydroxylation is 1. The van der Waals surface area contributed by atoms with E-state index < -0.39 is 5.97 Å². The molecule has 2 heterocycles. The largest absolute Gasteiger partial charge is 0.461 e. The van der Waals surface area contributed by atoms with Gasteiger partial charge in [0.05, 0.1) is 12.3 Å². The van der Waals surface area contributed by atoms with Crippen molar-refractivity contribution >= 4 is 27.4 Å². The van der Waals surface area contributed by atoms with E-state index in [2.05, 4.69) is 4.98 Å². The number of benzene rings is 1. The van der Waals surface area contributed by atoms with Crippen LogP contribution in [0.5, 0.6) is 0 Å². The molecule has 0 aliphatic heterocycles. The van der Waals surface area contributed by atoms with Crippen LogP contribution in [0.1, 0.15) is 22.3 Å². The van der Waals surface area contributed by atoms with Crippen molar-refractivity contribution in [3.8, 4) is 11.3 Å². The molecule has 0 saturated heterocycles. The molecule has 0 saturated carbocycles. The molecule has 0 aliphatic carbocycles. The minimum Gasteiger partial charge on any atom is -0.461 e. The molecule has 1 aromatic carbocycles. The van der Waals surface area contributed by atoms with E-state index in [1.54, 1.807) is 42.5 Å². The van der Waals surface area contributed by atoms with Crippen molar-refractivity contribution in [2.75, 3.05) is 6.61 Å². The van der Waals surface area contributed by atoms with Crippen LogP contribution in [-0.2, 0) is 4.74 Å². The van der Waals surface area contributed by atoms with E-state index in [4.69, 9.17) is 4.74 Å². The number of esters is 1. The molecule has 2 aromatic heterocycles. The molecule has 0 bridgehead atoms. The number of ether oxygens (including phenoxy) is 1. The number of thiophene rings is 1. The quantitative estimate of drug-likeness (QED) is 0.664. The Labute approximate surface area is 131 Å². The van der Waals surface area contributed by atoms with Gasteiger partial charge in [0, 0.05) is 20.5 Å². The lowest BCUT2D eigenvalue weighted by molar-refractivity contribution is 0.0520. The smallest absolute Gasteiger partial charge is 0.356 e. The first-order valence-corrected chi connectivity index (χ1v) is 7.75. The van der Waals surface area contributed by atoms with Crippen LogP contribution in [0.3, 0.4) is 0 Å². The van der Waals surface area contributed by atoms with Gasteiger partial charge in [-0.3, -0.25) is 0 Å². The monoisotopic (exact) mass is 315 g/mol. The predicted molar refractivity (Wildman–Crippen MR) is 85.7 cm³/mol. The summed E-state index contributed by atoms with van der Waals surface area (Å²) >= 11 is 1.55. The molecule has 0 atom stereocenters. The van der Waals surface area contributed by atoms with Gasteiger partial charge < -0.3 is 4.74 Å². The highest BCUT2D eigenvalue weighted by molar-refractivity contribution is 7.19. The Morgan fingerprint density at radius 2 is 2.09 bits per heavy atom. The average Bonchev–Trinajstić information content (AvgIpc) is 2.87. The lowest BCUT2D eigenvalue weighted by Crippen LogP contribution is -2.07. The van der Waals surface area contributed by atoms with E-state index in [0.29, 0.717) is 11.3 Å². The van der Waals surface area contributed by atoms with E-state index in [0.717, 1.165) is 15.0 Å². The second-order valence-corrected chi connectivity index (χ2v) is 6.11.